The molecule has 0 aromatic heterocycles. The van der Waals surface area contributed by atoms with Crippen molar-refractivity contribution in [2.24, 2.45) is 17.8 Å². The Bertz CT molecular complexity index is 629. The van der Waals surface area contributed by atoms with Crippen molar-refractivity contribution in [1.82, 2.24) is 0 Å². The van der Waals surface area contributed by atoms with Crippen LogP contribution in [0.4, 0.5) is 0 Å². The van der Waals surface area contributed by atoms with Crippen LogP contribution in [0.25, 0.3) is 0 Å². The molecule has 2 aliphatic carbocycles. The van der Waals surface area contributed by atoms with E-state index in [1.165, 1.54) is 13.8 Å². The molecule has 1 N–H and O–H groups in total. The second kappa shape index (κ2) is 12.8. The third-order valence-electron chi connectivity index (χ3n) is 6.33. The van der Waals surface area contributed by atoms with Crippen LogP contribution in [0, 0.1) is 17.8 Å². The summed E-state index contributed by atoms with van der Waals surface area (Å²) in [6, 6.07) is 0. The molecule has 0 amide bonds. The van der Waals surface area contributed by atoms with Gasteiger partial charge < -0.3 is 19.3 Å². The molecule has 6 atom stereocenters. The van der Waals surface area contributed by atoms with Gasteiger partial charge in [0.1, 0.15) is 12.2 Å². The Morgan fingerprint density at radius 2 is 1.84 bits per heavy atom. The first-order valence-corrected chi connectivity index (χ1v) is 11.7. The lowest BCUT2D eigenvalue weighted by molar-refractivity contribution is -0.148. The SMILES string of the molecule is CCCCCC(C=C[C@@H]1[C@@H]2CC(OCCCC(=O)O)C[C@H]2C[C@H]1OC(C)=O)OC(C)=O. The number of unbranched alkanes of at least 4 members (excludes halogenated alkanes) is 2. The normalized spacial score (nSPS) is 28.4. The standard InChI is InChI=1S/C24H38O7/c1-4-5-6-8-19(30-16(2)25)10-11-21-22-15-20(29-12-7-9-24(27)28)13-18(22)14-23(21)31-17(3)26/h10-11,18-23H,4-9,12-15H2,1-3H3,(H,27,28)/t18-,19?,20?,21+,22+,23+/m0/s1. The molecule has 7 nitrogen and oxygen atoms in total. The van der Waals surface area contributed by atoms with E-state index in [1.54, 1.807) is 0 Å². The number of carbonyl (C=O) groups is 3. The van der Waals surface area contributed by atoms with E-state index < -0.39 is 5.97 Å². The van der Waals surface area contributed by atoms with Crippen molar-refractivity contribution >= 4 is 17.9 Å². The molecule has 0 saturated heterocycles. The van der Waals surface area contributed by atoms with Crippen LogP contribution in [0.5, 0.6) is 0 Å². The van der Waals surface area contributed by atoms with Gasteiger partial charge in [-0.2, -0.15) is 0 Å². The van der Waals surface area contributed by atoms with E-state index in [2.05, 4.69) is 13.0 Å². The van der Waals surface area contributed by atoms with Gasteiger partial charge in [-0.3, -0.25) is 14.4 Å². The van der Waals surface area contributed by atoms with Crippen molar-refractivity contribution in [2.45, 2.75) is 96.9 Å². The molecule has 0 aromatic rings. The lowest BCUT2D eigenvalue weighted by Gasteiger charge is -2.23. The summed E-state index contributed by atoms with van der Waals surface area (Å²) in [4.78, 5) is 33.8. The van der Waals surface area contributed by atoms with Crippen molar-refractivity contribution in [3.63, 3.8) is 0 Å². The van der Waals surface area contributed by atoms with Crippen LogP contribution >= 0.6 is 0 Å². The van der Waals surface area contributed by atoms with Gasteiger partial charge in [-0.25, -0.2) is 0 Å². The van der Waals surface area contributed by atoms with Crippen molar-refractivity contribution in [2.75, 3.05) is 6.61 Å². The number of esters is 2. The number of hydrogen-bond donors (Lipinski definition) is 1. The predicted octanol–water partition coefficient (Wildman–Crippen LogP) is 4.28. The Labute approximate surface area is 185 Å². The first-order valence-electron chi connectivity index (χ1n) is 11.7. The summed E-state index contributed by atoms with van der Waals surface area (Å²) in [5.41, 5.74) is 0. The van der Waals surface area contributed by atoms with Crippen LogP contribution in [0.15, 0.2) is 12.2 Å². The molecule has 31 heavy (non-hydrogen) atoms. The molecule has 0 bridgehead atoms. The maximum atomic E-state index is 11.6. The maximum absolute atomic E-state index is 11.6. The third kappa shape index (κ3) is 8.63. The molecule has 7 heteroatoms. The number of hydrogen-bond acceptors (Lipinski definition) is 6. The largest absolute Gasteiger partial charge is 0.481 e. The van der Waals surface area contributed by atoms with Crippen LogP contribution in [0.1, 0.15) is 78.6 Å². The van der Waals surface area contributed by atoms with E-state index in [-0.39, 0.29) is 42.6 Å². The molecular weight excluding hydrogens is 400 g/mol. The molecule has 2 aliphatic rings. The van der Waals surface area contributed by atoms with E-state index in [0.29, 0.717) is 24.9 Å². The zero-order valence-electron chi connectivity index (χ0n) is 19.1. The van der Waals surface area contributed by atoms with E-state index in [1.807, 2.05) is 6.08 Å². The first-order chi connectivity index (χ1) is 14.8. The Hall–Kier alpha value is -1.89. The van der Waals surface area contributed by atoms with Gasteiger partial charge >= 0.3 is 17.9 Å². The van der Waals surface area contributed by atoms with E-state index in [0.717, 1.165) is 44.9 Å². The van der Waals surface area contributed by atoms with Gasteiger partial charge in [0.15, 0.2) is 0 Å². The summed E-state index contributed by atoms with van der Waals surface area (Å²) in [7, 11) is 0. The predicted molar refractivity (Wildman–Crippen MR) is 115 cm³/mol. The molecule has 2 fully saturated rings. The summed E-state index contributed by atoms with van der Waals surface area (Å²) in [5, 5.41) is 8.76. The topological polar surface area (TPSA) is 99.1 Å². The van der Waals surface area contributed by atoms with Crippen LogP contribution < -0.4 is 0 Å². The zero-order chi connectivity index (χ0) is 22.8. The van der Waals surface area contributed by atoms with Gasteiger partial charge in [-0.05, 0) is 56.4 Å². The van der Waals surface area contributed by atoms with E-state index >= 15 is 0 Å². The Kier molecular flexibility index (Phi) is 10.5. The molecule has 2 unspecified atom stereocenters. The number of carboxylic acids is 1. The summed E-state index contributed by atoms with van der Waals surface area (Å²) in [6.45, 7) is 5.46. The molecule has 0 spiro atoms. The Morgan fingerprint density at radius 3 is 2.48 bits per heavy atom. The molecule has 0 aromatic carbocycles. The number of fused-ring (bicyclic) bond motifs is 1. The fourth-order valence-corrected chi connectivity index (χ4v) is 5.05. The summed E-state index contributed by atoms with van der Waals surface area (Å²) in [6.07, 6.45) is 11.0. The summed E-state index contributed by atoms with van der Waals surface area (Å²) in [5.74, 6) is -0.533. The zero-order valence-corrected chi connectivity index (χ0v) is 19.1. The molecular formula is C24H38O7. The quantitative estimate of drug-likeness (QED) is 0.260. The van der Waals surface area contributed by atoms with Crippen LogP contribution in [0.2, 0.25) is 0 Å². The lowest BCUT2D eigenvalue weighted by atomic mass is 9.90. The van der Waals surface area contributed by atoms with Gasteiger partial charge in [-0.1, -0.05) is 25.8 Å². The van der Waals surface area contributed by atoms with Gasteiger partial charge in [-0.15, -0.1) is 0 Å². The highest BCUT2D eigenvalue weighted by atomic mass is 16.5. The minimum absolute atomic E-state index is 0.0748. The van der Waals surface area contributed by atoms with Crippen LogP contribution in [-0.4, -0.2) is 47.9 Å². The fourth-order valence-electron chi connectivity index (χ4n) is 5.05. The second-order valence-electron chi connectivity index (χ2n) is 8.87. The Morgan fingerprint density at radius 1 is 1.06 bits per heavy atom. The summed E-state index contributed by atoms with van der Waals surface area (Å²) < 4.78 is 17.0. The highest BCUT2D eigenvalue weighted by Gasteiger charge is 2.49. The molecule has 176 valence electrons. The highest BCUT2D eigenvalue weighted by molar-refractivity contribution is 5.67. The average Bonchev–Trinajstić information content (AvgIpc) is 3.19. The number of ether oxygens (including phenoxy) is 3. The third-order valence-corrected chi connectivity index (χ3v) is 6.33. The number of carboxylic acid groups (broad SMARTS) is 1. The molecule has 2 rings (SSSR count). The van der Waals surface area contributed by atoms with Crippen molar-refractivity contribution in [1.29, 1.82) is 0 Å². The molecule has 0 heterocycles. The second-order valence-corrected chi connectivity index (χ2v) is 8.87. The smallest absolute Gasteiger partial charge is 0.303 e. The minimum atomic E-state index is -0.803. The number of rotatable bonds is 13. The summed E-state index contributed by atoms with van der Waals surface area (Å²) >= 11 is 0. The number of aliphatic carboxylic acids is 1. The molecule has 0 aliphatic heterocycles. The van der Waals surface area contributed by atoms with Crippen molar-refractivity contribution in [3.05, 3.63) is 12.2 Å². The monoisotopic (exact) mass is 438 g/mol. The average molecular weight is 439 g/mol. The molecule has 2 saturated carbocycles. The van der Waals surface area contributed by atoms with Crippen molar-refractivity contribution in [3.8, 4) is 0 Å². The lowest BCUT2D eigenvalue weighted by Crippen LogP contribution is -2.25. The fraction of sp³-hybridized carbons (Fsp3) is 0.792. The van der Waals surface area contributed by atoms with Crippen LogP contribution in [-0.2, 0) is 28.6 Å². The first kappa shape index (κ1) is 25.4. The van der Waals surface area contributed by atoms with Crippen molar-refractivity contribution < 1.29 is 33.7 Å². The highest BCUT2D eigenvalue weighted by Crippen LogP contribution is 2.50. The van der Waals surface area contributed by atoms with Gasteiger partial charge in [0.05, 0.1) is 6.10 Å². The van der Waals surface area contributed by atoms with Gasteiger partial charge in [0.25, 0.3) is 0 Å². The minimum Gasteiger partial charge on any atom is -0.481 e. The maximum Gasteiger partial charge on any atom is 0.303 e. The van der Waals surface area contributed by atoms with Crippen LogP contribution in [0.3, 0.4) is 0 Å². The van der Waals surface area contributed by atoms with Gasteiger partial charge in [0.2, 0.25) is 0 Å². The van der Waals surface area contributed by atoms with E-state index in [4.69, 9.17) is 19.3 Å². The van der Waals surface area contributed by atoms with Gasteiger partial charge in [0, 0.05) is 32.8 Å². The number of carbonyl (C=O) groups excluding carboxylic acids is 2. The molecule has 0 radical (unpaired) electrons. The Balaban J connectivity index is 2.00. The van der Waals surface area contributed by atoms with E-state index in [9.17, 15) is 14.4 Å².